The van der Waals surface area contributed by atoms with Gasteiger partial charge in [-0.2, -0.15) is 0 Å². The lowest BCUT2D eigenvalue weighted by molar-refractivity contribution is -0.338. The second kappa shape index (κ2) is 8.00. The Morgan fingerprint density at radius 1 is 1.18 bits per heavy atom. The first-order valence-corrected chi connectivity index (χ1v) is 9.30. The number of allylic oxidation sites excluding steroid dienone is 5. The minimum atomic E-state index is -3.46. The Labute approximate surface area is 133 Å². The van der Waals surface area contributed by atoms with Crippen LogP contribution in [0, 0.1) is 0 Å². The first kappa shape index (κ1) is 19.0. The van der Waals surface area contributed by atoms with Gasteiger partial charge in [0.05, 0.1) is 18.5 Å². The molecule has 0 saturated heterocycles. The lowest BCUT2D eigenvalue weighted by Gasteiger charge is -2.40. The predicted molar refractivity (Wildman–Crippen MR) is 87.2 cm³/mol. The van der Waals surface area contributed by atoms with Gasteiger partial charge in [0.2, 0.25) is 0 Å². The fraction of sp³-hybridized carbons (Fsp3) is 0.625. The van der Waals surface area contributed by atoms with E-state index in [1.807, 2.05) is 27.7 Å². The van der Waals surface area contributed by atoms with E-state index in [1.54, 1.807) is 37.0 Å². The summed E-state index contributed by atoms with van der Waals surface area (Å²) in [4.78, 5) is 1.76. The van der Waals surface area contributed by atoms with Gasteiger partial charge in [0, 0.05) is 12.1 Å². The van der Waals surface area contributed by atoms with Crippen molar-refractivity contribution < 1.29 is 18.7 Å². The third-order valence-electron chi connectivity index (χ3n) is 3.26. The summed E-state index contributed by atoms with van der Waals surface area (Å²) in [6.45, 7) is 11.9. The molecule has 126 valence electrons. The van der Waals surface area contributed by atoms with E-state index in [2.05, 4.69) is 0 Å². The second-order valence-electron chi connectivity index (χ2n) is 5.56. The zero-order valence-corrected chi connectivity index (χ0v) is 15.2. The minimum Gasteiger partial charge on any atom is -0.860 e. The number of nitrogens with zero attached hydrogens (tertiary/aromatic N) is 1. The lowest BCUT2D eigenvalue weighted by Crippen LogP contribution is -2.41. The summed E-state index contributed by atoms with van der Waals surface area (Å²) >= 11 is 0. The third kappa shape index (κ3) is 4.03. The zero-order valence-electron chi connectivity index (χ0n) is 14.3. The average molecular weight is 328 g/mol. The van der Waals surface area contributed by atoms with Crippen LogP contribution >= 0.6 is 7.60 Å². The summed E-state index contributed by atoms with van der Waals surface area (Å²) < 4.78 is 23.7. The molecule has 1 rings (SSSR count). The summed E-state index contributed by atoms with van der Waals surface area (Å²) in [5, 5.41) is 13.2. The monoisotopic (exact) mass is 328 g/mol. The van der Waals surface area contributed by atoms with Crippen LogP contribution in [0.4, 0.5) is 0 Å². The van der Waals surface area contributed by atoms with E-state index >= 15 is 0 Å². The van der Waals surface area contributed by atoms with Gasteiger partial charge in [-0.3, -0.25) is 4.57 Å². The Bertz CT molecular complexity index is 502. The molecule has 5 nitrogen and oxygen atoms in total. The molecule has 0 fully saturated rings. The van der Waals surface area contributed by atoms with Crippen LogP contribution in [-0.2, 0) is 13.6 Å². The van der Waals surface area contributed by atoms with Gasteiger partial charge in [0.1, 0.15) is 0 Å². The maximum absolute atomic E-state index is 12.9. The molecule has 0 atom stereocenters. The van der Waals surface area contributed by atoms with E-state index in [0.717, 1.165) is 0 Å². The quantitative estimate of drug-likeness (QED) is 0.505. The molecule has 0 aromatic heterocycles. The van der Waals surface area contributed by atoms with Gasteiger partial charge in [0.25, 0.3) is 0 Å². The van der Waals surface area contributed by atoms with Crippen molar-refractivity contribution in [2.45, 2.75) is 53.6 Å². The maximum atomic E-state index is 12.9. The summed E-state index contributed by atoms with van der Waals surface area (Å²) in [7, 11) is -3.46. The molecule has 0 spiro atoms. The normalized spacial score (nSPS) is 17.4. The van der Waals surface area contributed by atoms with Crippen LogP contribution in [0.15, 0.2) is 35.0 Å². The molecule has 0 N–H and O–H groups in total. The molecule has 0 radical (unpaired) electrons. The molecule has 0 aliphatic heterocycles. The highest BCUT2D eigenvalue weighted by Gasteiger charge is 2.33. The number of hydrogen-bond acceptors (Lipinski definition) is 5. The van der Waals surface area contributed by atoms with Gasteiger partial charge in [-0.15, -0.1) is 0 Å². The van der Waals surface area contributed by atoms with Crippen LogP contribution in [0.25, 0.3) is 0 Å². The van der Waals surface area contributed by atoms with Gasteiger partial charge in [-0.05, 0) is 59.1 Å². The smallest absolute Gasteiger partial charge is 0.361 e. The van der Waals surface area contributed by atoms with Crippen molar-refractivity contribution >= 4 is 7.60 Å². The fourth-order valence-corrected chi connectivity index (χ4v) is 4.32. The molecular weight excluding hydrogens is 301 g/mol. The maximum Gasteiger partial charge on any atom is 0.361 e. The van der Waals surface area contributed by atoms with Crippen molar-refractivity contribution in [3.63, 3.8) is 0 Å². The molecule has 0 bridgehead atoms. The lowest BCUT2D eigenvalue weighted by atomic mass is 10.2. The van der Waals surface area contributed by atoms with E-state index in [0.29, 0.717) is 10.9 Å². The first-order chi connectivity index (χ1) is 10.3. The summed E-state index contributed by atoms with van der Waals surface area (Å²) in [6.07, 6.45) is 5.05. The van der Waals surface area contributed by atoms with Gasteiger partial charge < -0.3 is 19.1 Å². The highest BCUT2D eigenvalue weighted by atomic mass is 31.2. The van der Waals surface area contributed by atoms with Crippen LogP contribution in [0.2, 0.25) is 0 Å². The molecule has 0 aromatic carbocycles. The molecular formula is C16H27NO4P-. The van der Waals surface area contributed by atoms with Crippen molar-refractivity contribution in [3.05, 3.63) is 35.0 Å². The molecule has 0 unspecified atom stereocenters. The van der Waals surface area contributed by atoms with E-state index in [4.69, 9.17) is 9.05 Å². The fourth-order valence-electron chi connectivity index (χ4n) is 2.55. The Morgan fingerprint density at radius 2 is 1.68 bits per heavy atom. The molecule has 22 heavy (non-hydrogen) atoms. The topological polar surface area (TPSA) is 61.8 Å². The molecule has 1 aliphatic carbocycles. The molecule has 0 saturated carbocycles. The number of rotatable bonds is 8. The molecule has 0 amide bonds. The third-order valence-corrected chi connectivity index (χ3v) is 5.44. The second-order valence-corrected chi connectivity index (χ2v) is 7.55. The summed E-state index contributed by atoms with van der Waals surface area (Å²) in [5.41, 5.74) is 0.396. The standard InChI is InChI=1S/C16H28NO4P/c1-7-20-22(19,21-8-2)15-11-9-10-14(15)16(18)17(12(3)4)13(5)6/h9-13,18H,7-8H2,1-6H3/p-1/b16-14-. The molecule has 0 aromatic rings. The van der Waals surface area contributed by atoms with E-state index in [-0.39, 0.29) is 31.2 Å². The van der Waals surface area contributed by atoms with Crippen molar-refractivity contribution in [1.29, 1.82) is 0 Å². The summed E-state index contributed by atoms with van der Waals surface area (Å²) in [6, 6.07) is 0.0997. The van der Waals surface area contributed by atoms with Crippen LogP contribution in [0.3, 0.4) is 0 Å². The van der Waals surface area contributed by atoms with Crippen molar-refractivity contribution in [1.82, 2.24) is 4.90 Å². The average Bonchev–Trinajstić information content (AvgIpc) is 2.88. The van der Waals surface area contributed by atoms with E-state index < -0.39 is 7.60 Å². The van der Waals surface area contributed by atoms with E-state index in [1.165, 1.54) is 0 Å². The highest BCUT2D eigenvalue weighted by Crippen LogP contribution is 2.60. The van der Waals surface area contributed by atoms with Gasteiger partial charge in [0.15, 0.2) is 0 Å². The van der Waals surface area contributed by atoms with Crippen molar-refractivity contribution in [3.8, 4) is 0 Å². The van der Waals surface area contributed by atoms with Crippen LogP contribution in [0.1, 0.15) is 41.5 Å². The SMILES string of the molecule is CCOP(=O)(OCC)C1=CC=C/C1=C(/[O-])N(C(C)C)C(C)C. The van der Waals surface area contributed by atoms with Crippen molar-refractivity contribution in [2.75, 3.05) is 13.2 Å². The summed E-state index contributed by atoms with van der Waals surface area (Å²) in [5.74, 6) is -0.148. The largest absolute Gasteiger partial charge is 0.860 e. The first-order valence-electron chi connectivity index (χ1n) is 7.76. The van der Waals surface area contributed by atoms with Gasteiger partial charge >= 0.3 is 7.60 Å². The predicted octanol–water partition coefficient (Wildman–Crippen LogP) is 3.40. The molecule has 6 heteroatoms. The highest BCUT2D eigenvalue weighted by molar-refractivity contribution is 7.58. The van der Waals surface area contributed by atoms with Gasteiger partial charge in [-0.1, -0.05) is 12.2 Å². The van der Waals surface area contributed by atoms with Gasteiger partial charge in [-0.25, -0.2) is 0 Å². The Balaban J connectivity index is 3.29. The van der Waals surface area contributed by atoms with Crippen LogP contribution < -0.4 is 5.11 Å². The minimum absolute atomic E-state index is 0.0498. The van der Waals surface area contributed by atoms with E-state index in [9.17, 15) is 9.67 Å². The Kier molecular flexibility index (Phi) is 6.92. The van der Waals surface area contributed by atoms with Crippen molar-refractivity contribution in [2.24, 2.45) is 0 Å². The van der Waals surface area contributed by atoms with Crippen LogP contribution in [-0.4, -0.2) is 30.2 Å². The number of hydrogen-bond donors (Lipinski definition) is 0. The van der Waals surface area contributed by atoms with Crippen LogP contribution in [0.5, 0.6) is 0 Å². The Hall–Kier alpha value is -1.03. The Morgan fingerprint density at radius 3 is 2.09 bits per heavy atom. The molecule has 0 heterocycles. The zero-order chi connectivity index (χ0) is 16.9. The molecule has 1 aliphatic rings.